The molecule has 0 spiro atoms. The topological polar surface area (TPSA) is 102 Å². The third-order valence-corrected chi connectivity index (χ3v) is 8.60. The van der Waals surface area contributed by atoms with Crippen molar-refractivity contribution in [3.05, 3.63) is 42.1 Å². The first-order chi connectivity index (χ1) is 14.3. The highest BCUT2D eigenvalue weighted by molar-refractivity contribution is 7.91. The fourth-order valence-electron chi connectivity index (χ4n) is 3.89. The number of aromatic nitrogens is 2. The van der Waals surface area contributed by atoms with Crippen LogP contribution in [0.25, 0.3) is 10.9 Å². The monoisotopic (exact) mass is 449 g/mol. The van der Waals surface area contributed by atoms with E-state index in [4.69, 9.17) is 4.74 Å². The van der Waals surface area contributed by atoms with Crippen LogP contribution in [0, 0.1) is 5.92 Å². The number of hydrogen-bond donors (Lipinski definition) is 1. The largest absolute Gasteiger partial charge is 0.484 e. The van der Waals surface area contributed by atoms with Gasteiger partial charge in [-0.1, -0.05) is 36.5 Å². The number of hydrogen-bond acceptors (Lipinski definition) is 6. The number of thiophene rings is 1. The van der Waals surface area contributed by atoms with Crippen molar-refractivity contribution in [3.63, 3.8) is 0 Å². The second-order valence-electron chi connectivity index (χ2n) is 7.35. The molecule has 2 aromatic heterocycles. The van der Waals surface area contributed by atoms with E-state index >= 15 is 0 Å². The summed E-state index contributed by atoms with van der Waals surface area (Å²) in [5, 5.41) is 15.2. The van der Waals surface area contributed by atoms with Gasteiger partial charge in [0, 0.05) is 18.5 Å². The van der Waals surface area contributed by atoms with Crippen LogP contribution < -0.4 is 4.74 Å². The minimum atomic E-state index is -3.64. The molecule has 30 heavy (non-hydrogen) atoms. The number of carboxylic acid groups (broad SMARTS) is 1. The summed E-state index contributed by atoms with van der Waals surface area (Å²) in [6.07, 6.45) is -0.175. The number of carbonyl (C=O) groups is 1. The van der Waals surface area contributed by atoms with Crippen molar-refractivity contribution in [2.75, 3.05) is 19.7 Å². The van der Waals surface area contributed by atoms with Gasteiger partial charge in [0.2, 0.25) is 0 Å². The Morgan fingerprint density at radius 1 is 1.27 bits per heavy atom. The fourth-order valence-corrected chi connectivity index (χ4v) is 6.80. The van der Waals surface area contributed by atoms with Crippen molar-refractivity contribution < 1.29 is 23.1 Å². The highest BCUT2D eigenvalue weighted by Gasteiger charge is 2.40. The summed E-state index contributed by atoms with van der Waals surface area (Å²) in [4.78, 5) is 11.3. The molecule has 1 aliphatic heterocycles. The number of carboxylic acids is 1. The van der Waals surface area contributed by atoms with Crippen LogP contribution in [0.2, 0.25) is 0 Å². The van der Waals surface area contributed by atoms with Gasteiger partial charge in [0.05, 0.1) is 30.3 Å². The zero-order valence-corrected chi connectivity index (χ0v) is 18.3. The molecule has 3 aromatic rings. The van der Waals surface area contributed by atoms with Gasteiger partial charge in [0.15, 0.2) is 5.06 Å². The van der Waals surface area contributed by atoms with Crippen molar-refractivity contribution in [2.45, 2.75) is 30.5 Å². The number of para-hydroxylation sites is 1. The first-order valence-electron chi connectivity index (χ1n) is 9.72. The van der Waals surface area contributed by atoms with Crippen LogP contribution in [0.15, 0.2) is 40.6 Å². The summed E-state index contributed by atoms with van der Waals surface area (Å²) in [5.74, 6) is -0.927. The van der Waals surface area contributed by atoms with Crippen molar-refractivity contribution in [3.8, 4) is 5.06 Å². The molecule has 160 valence electrons. The standard InChI is InChI=1S/C20H23N3O5S2/c1-3-28-19-8-9-20(29-19)30(26,27)22-11-13(2)17(12-22)23-16-7-5-4-6-14(16)15(21-23)10-18(24)25/h4-9,13,17H,3,10-12H2,1-2H3,(H,24,25)/t13-,17+/m1/s1. The molecule has 0 amide bonds. The lowest BCUT2D eigenvalue weighted by atomic mass is 10.1. The first kappa shape index (κ1) is 20.8. The number of aliphatic carboxylic acids is 1. The van der Waals surface area contributed by atoms with E-state index in [1.807, 2.05) is 38.1 Å². The smallest absolute Gasteiger partial charge is 0.309 e. The van der Waals surface area contributed by atoms with Gasteiger partial charge in [-0.2, -0.15) is 9.40 Å². The van der Waals surface area contributed by atoms with E-state index < -0.39 is 16.0 Å². The molecule has 1 N–H and O–H groups in total. The summed E-state index contributed by atoms with van der Waals surface area (Å²) in [6.45, 7) is 4.98. The summed E-state index contributed by atoms with van der Waals surface area (Å²) in [7, 11) is -3.64. The lowest BCUT2D eigenvalue weighted by Crippen LogP contribution is -2.29. The van der Waals surface area contributed by atoms with Gasteiger partial charge in [-0.05, 0) is 31.0 Å². The lowest BCUT2D eigenvalue weighted by molar-refractivity contribution is -0.136. The molecule has 10 heteroatoms. The van der Waals surface area contributed by atoms with E-state index in [0.29, 0.717) is 23.9 Å². The lowest BCUT2D eigenvalue weighted by Gasteiger charge is -2.17. The minimum absolute atomic E-state index is 0.0204. The van der Waals surface area contributed by atoms with Crippen LogP contribution >= 0.6 is 11.3 Å². The molecule has 0 aliphatic carbocycles. The van der Waals surface area contributed by atoms with Crippen LogP contribution in [-0.2, 0) is 21.2 Å². The van der Waals surface area contributed by atoms with E-state index in [1.54, 1.807) is 16.8 Å². The molecule has 8 nitrogen and oxygen atoms in total. The third kappa shape index (κ3) is 3.70. The van der Waals surface area contributed by atoms with Crippen molar-refractivity contribution in [1.82, 2.24) is 14.1 Å². The van der Waals surface area contributed by atoms with E-state index in [0.717, 1.165) is 22.2 Å². The first-order valence-corrected chi connectivity index (χ1v) is 12.0. The summed E-state index contributed by atoms with van der Waals surface area (Å²) in [6, 6.07) is 10.5. The molecule has 4 rings (SSSR count). The van der Waals surface area contributed by atoms with Crippen LogP contribution in [0.5, 0.6) is 5.06 Å². The highest BCUT2D eigenvalue weighted by atomic mass is 32.2. The zero-order valence-electron chi connectivity index (χ0n) is 16.7. The van der Waals surface area contributed by atoms with Crippen molar-refractivity contribution in [1.29, 1.82) is 0 Å². The van der Waals surface area contributed by atoms with Gasteiger partial charge in [0.25, 0.3) is 10.0 Å². The predicted octanol–water partition coefficient (Wildman–Crippen LogP) is 3.01. The summed E-state index contributed by atoms with van der Waals surface area (Å²) in [5.41, 5.74) is 1.31. The van der Waals surface area contributed by atoms with Gasteiger partial charge in [-0.15, -0.1) is 0 Å². The van der Waals surface area contributed by atoms with Gasteiger partial charge in [-0.25, -0.2) is 8.42 Å². The van der Waals surface area contributed by atoms with Crippen molar-refractivity contribution >= 4 is 38.2 Å². The Bertz CT molecular complexity index is 1180. The van der Waals surface area contributed by atoms with E-state index in [9.17, 15) is 18.3 Å². The second-order valence-corrected chi connectivity index (χ2v) is 10.6. The molecule has 1 aromatic carbocycles. The molecule has 2 atom stereocenters. The minimum Gasteiger partial charge on any atom is -0.484 e. The van der Waals surface area contributed by atoms with Gasteiger partial charge in [0.1, 0.15) is 4.21 Å². The number of ether oxygens (including phenoxy) is 1. The Morgan fingerprint density at radius 3 is 2.77 bits per heavy atom. The van der Waals surface area contributed by atoms with E-state index in [-0.39, 0.29) is 29.1 Å². The molecule has 0 bridgehead atoms. The number of benzene rings is 1. The Labute approximate surface area is 178 Å². The molecule has 1 fully saturated rings. The van der Waals surface area contributed by atoms with Crippen LogP contribution in [-0.4, -0.2) is 53.3 Å². The van der Waals surface area contributed by atoms with Crippen LogP contribution in [0.1, 0.15) is 25.6 Å². The maximum atomic E-state index is 13.2. The van der Waals surface area contributed by atoms with E-state index in [2.05, 4.69) is 5.10 Å². The molecule has 1 aliphatic rings. The van der Waals surface area contributed by atoms with Gasteiger partial charge >= 0.3 is 5.97 Å². The molecule has 0 saturated carbocycles. The Hall–Kier alpha value is -2.43. The average molecular weight is 450 g/mol. The third-order valence-electron chi connectivity index (χ3n) is 5.30. The SMILES string of the molecule is CCOc1ccc(S(=O)(=O)N2C[C@@H](C)[C@@H](n3nc(CC(=O)O)c4ccccc43)C2)s1. The zero-order chi connectivity index (χ0) is 21.5. The molecular weight excluding hydrogens is 426 g/mol. The molecule has 3 heterocycles. The average Bonchev–Trinajstić information content (AvgIpc) is 3.40. The molecular formula is C20H23N3O5S2. The van der Waals surface area contributed by atoms with Crippen LogP contribution in [0.4, 0.5) is 0 Å². The molecule has 0 radical (unpaired) electrons. The quantitative estimate of drug-likeness (QED) is 0.595. The number of fused-ring (bicyclic) bond motifs is 1. The van der Waals surface area contributed by atoms with Gasteiger partial charge in [-0.3, -0.25) is 9.48 Å². The molecule has 0 unspecified atom stereocenters. The summed E-state index contributed by atoms with van der Waals surface area (Å²) < 4.78 is 35.3. The van der Waals surface area contributed by atoms with Crippen molar-refractivity contribution in [2.24, 2.45) is 5.92 Å². The Balaban J connectivity index is 1.65. The van der Waals surface area contributed by atoms with Crippen LogP contribution in [0.3, 0.4) is 0 Å². The normalized spacial score (nSPS) is 20.1. The number of rotatable bonds is 7. The molecule has 1 saturated heterocycles. The number of sulfonamides is 1. The number of nitrogens with zero attached hydrogens (tertiary/aromatic N) is 3. The van der Waals surface area contributed by atoms with Gasteiger partial charge < -0.3 is 9.84 Å². The second kappa shape index (κ2) is 8.01. The predicted molar refractivity (Wildman–Crippen MR) is 114 cm³/mol. The Kier molecular flexibility index (Phi) is 5.56. The fraction of sp³-hybridized carbons (Fsp3) is 0.400. The maximum Gasteiger partial charge on any atom is 0.309 e. The highest BCUT2D eigenvalue weighted by Crippen LogP contribution is 2.37. The Morgan fingerprint density at radius 2 is 2.03 bits per heavy atom. The van der Waals surface area contributed by atoms with E-state index in [1.165, 1.54) is 4.31 Å². The summed E-state index contributed by atoms with van der Waals surface area (Å²) >= 11 is 1.12. The maximum absolute atomic E-state index is 13.2.